The van der Waals surface area contributed by atoms with Crippen LogP contribution in [0.5, 0.6) is 0 Å². The first-order valence-corrected chi connectivity index (χ1v) is 15.2. The number of hydrogen-bond donors (Lipinski definition) is 3. The number of rotatable bonds is 14. The Labute approximate surface area is 248 Å². The van der Waals surface area contributed by atoms with E-state index in [0.717, 1.165) is 5.57 Å². The van der Waals surface area contributed by atoms with Gasteiger partial charge in [0.25, 0.3) is 0 Å². The van der Waals surface area contributed by atoms with Crippen LogP contribution < -0.4 is 0 Å². The maximum atomic E-state index is 13.8. The van der Waals surface area contributed by atoms with Crippen molar-refractivity contribution in [3.8, 4) is 0 Å². The number of carbonyl (C=O) groups is 6. The number of fused-ring (bicyclic) bond motifs is 4. The minimum absolute atomic E-state index is 0.0192. The molecule has 3 N–H and O–H groups in total. The Morgan fingerprint density at radius 2 is 1.33 bits per heavy atom. The molecule has 3 fully saturated rings. The van der Waals surface area contributed by atoms with Crippen LogP contribution in [-0.2, 0) is 35.4 Å². The van der Waals surface area contributed by atoms with Gasteiger partial charge in [0.15, 0.2) is 0 Å². The Balaban J connectivity index is 1.38. The number of carboxylic acid groups (broad SMARTS) is 2. The van der Waals surface area contributed by atoms with Crippen LogP contribution >= 0.6 is 0 Å². The number of nitrogens with zero attached hydrogens (tertiary/aromatic N) is 2. The molecule has 4 amide bonds. The van der Waals surface area contributed by atoms with Gasteiger partial charge in [-0.05, 0) is 56.6 Å². The van der Waals surface area contributed by atoms with Crippen molar-refractivity contribution >= 4 is 35.6 Å². The molecule has 0 aromatic carbocycles. The number of likely N-dealkylation sites (tertiary alicyclic amines) is 2. The molecule has 3 heterocycles. The van der Waals surface area contributed by atoms with Gasteiger partial charge in [-0.1, -0.05) is 24.5 Å². The number of unbranched alkanes of at least 4 members (excludes halogenated alkanes) is 4. The zero-order valence-corrected chi connectivity index (χ0v) is 24.0. The largest absolute Gasteiger partial charge is 0.481 e. The summed E-state index contributed by atoms with van der Waals surface area (Å²) < 4.78 is 5.92. The number of aliphatic hydroxyl groups excluding tert-OH is 1. The van der Waals surface area contributed by atoms with Gasteiger partial charge in [-0.15, -0.1) is 0 Å². The van der Waals surface area contributed by atoms with E-state index in [1.165, 1.54) is 9.80 Å². The van der Waals surface area contributed by atoms with Gasteiger partial charge < -0.3 is 19.7 Å². The van der Waals surface area contributed by atoms with Crippen molar-refractivity contribution in [3.63, 3.8) is 0 Å². The molecule has 4 aliphatic rings. The summed E-state index contributed by atoms with van der Waals surface area (Å²) in [6.45, 7) is 0.0601. The molecule has 232 valence electrons. The number of furan rings is 1. The van der Waals surface area contributed by atoms with Crippen LogP contribution in [0.3, 0.4) is 0 Å². The van der Waals surface area contributed by atoms with Crippen LogP contribution in [0.1, 0.15) is 81.6 Å². The van der Waals surface area contributed by atoms with Crippen LogP contribution in [0.4, 0.5) is 0 Å². The van der Waals surface area contributed by atoms with Crippen LogP contribution in [0.2, 0.25) is 0 Å². The fourth-order valence-electron chi connectivity index (χ4n) is 7.57. The Kier molecular flexibility index (Phi) is 9.14. The summed E-state index contributed by atoms with van der Waals surface area (Å²) in [6, 6.07) is 3.32. The monoisotopic (exact) mass is 598 g/mol. The summed E-state index contributed by atoms with van der Waals surface area (Å²) >= 11 is 0. The zero-order valence-electron chi connectivity index (χ0n) is 24.0. The summed E-state index contributed by atoms with van der Waals surface area (Å²) in [5.41, 5.74) is 0.815. The molecule has 2 saturated heterocycles. The minimum Gasteiger partial charge on any atom is -0.481 e. The van der Waals surface area contributed by atoms with Gasteiger partial charge in [-0.25, -0.2) is 0 Å². The lowest BCUT2D eigenvalue weighted by atomic mass is 9.58. The molecule has 12 heteroatoms. The van der Waals surface area contributed by atoms with Crippen molar-refractivity contribution in [1.82, 2.24) is 9.80 Å². The van der Waals surface area contributed by atoms with Gasteiger partial charge in [0.2, 0.25) is 23.6 Å². The van der Waals surface area contributed by atoms with Gasteiger partial charge in [0, 0.05) is 25.9 Å². The lowest BCUT2D eigenvalue weighted by Gasteiger charge is -2.43. The molecule has 0 radical (unpaired) electrons. The quantitative estimate of drug-likeness (QED) is 0.163. The van der Waals surface area contributed by atoms with Crippen molar-refractivity contribution in [2.45, 2.75) is 76.7 Å². The van der Waals surface area contributed by atoms with Gasteiger partial charge in [-0.3, -0.25) is 38.6 Å². The molecule has 0 spiro atoms. The number of carboxylic acids is 2. The molecule has 6 atom stereocenters. The van der Waals surface area contributed by atoms with E-state index in [1.54, 1.807) is 12.1 Å². The van der Waals surface area contributed by atoms with Gasteiger partial charge in [0.05, 0.1) is 29.6 Å². The fourth-order valence-corrected chi connectivity index (χ4v) is 7.57. The van der Waals surface area contributed by atoms with Gasteiger partial charge in [0.1, 0.15) is 18.1 Å². The lowest BCUT2D eigenvalue weighted by molar-refractivity contribution is -0.142. The maximum Gasteiger partial charge on any atom is 0.303 e. The van der Waals surface area contributed by atoms with Gasteiger partial charge in [-0.2, -0.15) is 0 Å². The Morgan fingerprint density at radius 1 is 0.744 bits per heavy atom. The zero-order chi connectivity index (χ0) is 30.8. The van der Waals surface area contributed by atoms with Crippen molar-refractivity contribution in [3.05, 3.63) is 35.3 Å². The van der Waals surface area contributed by atoms with E-state index in [4.69, 9.17) is 14.6 Å². The lowest BCUT2D eigenvalue weighted by Crippen LogP contribution is -2.43. The molecule has 1 saturated carbocycles. The summed E-state index contributed by atoms with van der Waals surface area (Å²) in [5.74, 6) is -5.91. The SMILES string of the molecule is O=C(O)CCCCCN1C(=O)[C@H]2[C@H](CC=C3[C@H]2C[C@H]2C(=O)N(CCCCCC(=O)O)C(=O)[C@H]2[C@H]3c2ccc(CO)o2)C1=O. The number of imide groups is 2. The number of allylic oxidation sites excluding steroid dienone is 2. The van der Waals surface area contributed by atoms with Crippen LogP contribution in [0.15, 0.2) is 28.2 Å². The first-order chi connectivity index (χ1) is 20.6. The topological polar surface area (TPSA) is 183 Å². The normalized spacial score (nSPS) is 28.2. The molecule has 1 aromatic rings. The highest BCUT2D eigenvalue weighted by Gasteiger charge is 2.62. The van der Waals surface area contributed by atoms with Crippen molar-refractivity contribution in [1.29, 1.82) is 0 Å². The Bertz CT molecular complexity index is 1330. The molecule has 2 aliphatic carbocycles. The number of hydrogen-bond acceptors (Lipinski definition) is 8. The van der Waals surface area contributed by atoms with E-state index < -0.39 is 47.4 Å². The Hall–Kier alpha value is -3.80. The van der Waals surface area contributed by atoms with Crippen LogP contribution in [-0.4, -0.2) is 73.8 Å². The summed E-state index contributed by atoms with van der Waals surface area (Å²) in [4.78, 5) is 78.8. The highest BCUT2D eigenvalue weighted by molar-refractivity contribution is 6.07. The third-order valence-corrected chi connectivity index (χ3v) is 9.52. The van der Waals surface area contributed by atoms with E-state index in [0.29, 0.717) is 56.5 Å². The average molecular weight is 599 g/mol. The molecule has 43 heavy (non-hydrogen) atoms. The first kappa shape index (κ1) is 30.7. The summed E-state index contributed by atoms with van der Waals surface area (Å²) in [5, 5.41) is 27.4. The second kappa shape index (κ2) is 12.8. The second-order valence-corrected chi connectivity index (χ2v) is 12.1. The number of aliphatic carboxylic acids is 2. The van der Waals surface area contributed by atoms with Crippen LogP contribution in [0.25, 0.3) is 0 Å². The number of carbonyl (C=O) groups excluding carboxylic acids is 4. The van der Waals surface area contributed by atoms with Crippen molar-refractivity contribution < 1.29 is 48.5 Å². The third-order valence-electron chi connectivity index (χ3n) is 9.52. The second-order valence-electron chi connectivity index (χ2n) is 12.1. The highest BCUT2D eigenvalue weighted by Crippen LogP contribution is 2.58. The van der Waals surface area contributed by atoms with E-state index >= 15 is 0 Å². The summed E-state index contributed by atoms with van der Waals surface area (Å²) in [6.07, 6.45) is 5.59. The van der Waals surface area contributed by atoms with E-state index in [-0.39, 0.29) is 62.6 Å². The molecule has 12 nitrogen and oxygen atoms in total. The molecule has 5 rings (SSSR count). The third kappa shape index (κ3) is 5.89. The van der Waals surface area contributed by atoms with E-state index in [1.807, 2.05) is 6.08 Å². The number of amides is 4. The van der Waals surface area contributed by atoms with E-state index in [2.05, 4.69) is 0 Å². The predicted octanol–water partition coefficient (Wildman–Crippen LogP) is 2.70. The van der Waals surface area contributed by atoms with Crippen molar-refractivity contribution in [2.24, 2.45) is 29.6 Å². The van der Waals surface area contributed by atoms with E-state index in [9.17, 15) is 33.9 Å². The first-order valence-electron chi connectivity index (χ1n) is 15.2. The highest BCUT2D eigenvalue weighted by atomic mass is 16.4. The molecular formula is C31H38N2O10. The molecule has 2 aliphatic heterocycles. The predicted molar refractivity (Wildman–Crippen MR) is 148 cm³/mol. The molecule has 0 bridgehead atoms. The van der Waals surface area contributed by atoms with Crippen molar-refractivity contribution in [2.75, 3.05) is 13.1 Å². The molecular weight excluding hydrogens is 560 g/mol. The smallest absolute Gasteiger partial charge is 0.303 e. The number of aliphatic hydroxyl groups is 1. The van der Waals surface area contributed by atoms with Gasteiger partial charge >= 0.3 is 11.9 Å². The average Bonchev–Trinajstić information content (AvgIpc) is 3.61. The fraction of sp³-hybridized carbons (Fsp3) is 0.613. The standard InChI is InChI=1S/C31H38N2O10/c34-16-17-9-12-22(43-17)26-18-10-11-19-25(30(41)32(28(19)39)13-5-1-3-7-23(35)36)20(18)15-21-27(26)31(42)33(29(21)40)14-6-2-4-8-24(37)38/h9-10,12,19-21,25-27,34H,1-8,11,13-16H2,(H,35,36)(H,37,38)/t19-,20+,21+,25-,26+,27+/m0/s1. The minimum atomic E-state index is -0.895. The summed E-state index contributed by atoms with van der Waals surface area (Å²) in [7, 11) is 0. The molecule has 1 aromatic heterocycles. The Morgan fingerprint density at radius 3 is 1.88 bits per heavy atom. The van der Waals surface area contributed by atoms with Crippen LogP contribution in [0, 0.1) is 29.6 Å². The maximum absolute atomic E-state index is 13.8. The molecule has 0 unspecified atom stereocenters.